The SMILES string of the molecule is CC.CC(C)C1(C)CCCc2c(Br)cccc21. The van der Waals surface area contributed by atoms with Crippen LogP contribution in [0.15, 0.2) is 22.7 Å². The number of fused-ring (bicyclic) bond motifs is 1. The van der Waals surface area contributed by atoms with E-state index >= 15 is 0 Å². The van der Waals surface area contributed by atoms with Crippen molar-refractivity contribution in [2.75, 3.05) is 0 Å². The van der Waals surface area contributed by atoms with E-state index in [9.17, 15) is 0 Å². The number of halogens is 1. The van der Waals surface area contributed by atoms with Gasteiger partial charge in [-0.15, -0.1) is 0 Å². The summed E-state index contributed by atoms with van der Waals surface area (Å²) in [5.41, 5.74) is 3.48. The molecule has 1 aromatic carbocycles. The molecule has 96 valence electrons. The van der Waals surface area contributed by atoms with Crippen LogP contribution >= 0.6 is 15.9 Å². The van der Waals surface area contributed by atoms with Crippen LogP contribution in [0.25, 0.3) is 0 Å². The van der Waals surface area contributed by atoms with E-state index in [1.165, 1.54) is 23.7 Å². The first-order valence-electron chi connectivity index (χ1n) is 6.83. The zero-order chi connectivity index (χ0) is 13.1. The van der Waals surface area contributed by atoms with Crippen LogP contribution in [0.5, 0.6) is 0 Å². The molecule has 0 saturated carbocycles. The lowest BCUT2D eigenvalue weighted by Crippen LogP contribution is -2.33. The first-order chi connectivity index (χ1) is 8.05. The van der Waals surface area contributed by atoms with Gasteiger partial charge in [-0.2, -0.15) is 0 Å². The molecule has 0 heterocycles. The first-order valence-corrected chi connectivity index (χ1v) is 7.63. The van der Waals surface area contributed by atoms with Gasteiger partial charge in [0.05, 0.1) is 0 Å². The Morgan fingerprint density at radius 3 is 2.47 bits per heavy atom. The predicted octanol–water partition coefficient (Wildman–Crippen LogP) is 5.73. The van der Waals surface area contributed by atoms with Crippen LogP contribution in [0.2, 0.25) is 0 Å². The maximum atomic E-state index is 3.68. The molecule has 0 fully saturated rings. The second kappa shape index (κ2) is 6.04. The minimum Gasteiger partial charge on any atom is -0.0683 e. The smallest absolute Gasteiger partial charge is 0.0210 e. The largest absolute Gasteiger partial charge is 0.0683 e. The third-order valence-corrected chi connectivity index (χ3v) is 4.87. The molecule has 0 nitrogen and oxygen atoms in total. The molecule has 1 unspecified atom stereocenters. The fourth-order valence-electron chi connectivity index (χ4n) is 2.71. The lowest BCUT2D eigenvalue weighted by molar-refractivity contribution is 0.290. The molecular weight excluding hydrogens is 272 g/mol. The molecule has 0 aromatic heterocycles. The number of hydrogen-bond donors (Lipinski definition) is 0. The summed E-state index contributed by atoms with van der Waals surface area (Å²) in [5.74, 6) is 0.714. The average molecular weight is 297 g/mol. The van der Waals surface area contributed by atoms with Gasteiger partial charge in [0.2, 0.25) is 0 Å². The lowest BCUT2D eigenvalue weighted by Gasteiger charge is -2.40. The van der Waals surface area contributed by atoms with E-state index in [2.05, 4.69) is 54.9 Å². The van der Waals surface area contributed by atoms with Gasteiger partial charge in [-0.3, -0.25) is 0 Å². The van der Waals surface area contributed by atoms with Gasteiger partial charge in [0.1, 0.15) is 0 Å². The third kappa shape index (κ3) is 2.76. The van der Waals surface area contributed by atoms with E-state index in [4.69, 9.17) is 0 Å². The van der Waals surface area contributed by atoms with Crippen LogP contribution in [0.1, 0.15) is 58.6 Å². The van der Waals surface area contributed by atoms with Crippen molar-refractivity contribution in [1.82, 2.24) is 0 Å². The summed E-state index contributed by atoms with van der Waals surface area (Å²) in [4.78, 5) is 0. The quantitative estimate of drug-likeness (QED) is 0.621. The van der Waals surface area contributed by atoms with Gasteiger partial charge in [-0.25, -0.2) is 0 Å². The highest BCUT2D eigenvalue weighted by molar-refractivity contribution is 9.10. The molecule has 2 rings (SSSR count). The fourth-order valence-corrected chi connectivity index (χ4v) is 3.28. The fraction of sp³-hybridized carbons (Fsp3) is 0.625. The maximum absolute atomic E-state index is 3.68. The van der Waals surface area contributed by atoms with Gasteiger partial charge >= 0.3 is 0 Å². The Bertz CT molecular complexity index is 368. The Labute approximate surface area is 115 Å². The summed E-state index contributed by atoms with van der Waals surface area (Å²) >= 11 is 3.68. The van der Waals surface area contributed by atoms with E-state index in [0.717, 1.165) is 0 Å². The molecule has 0 N–H and O–H groups in total. The molecule has 0 spiro atoms. The number of benzene rings is 1. The molecule has 0 aliphatic heterocycles. The molecule has 1 aromatic rings. The molecule has 1 aliphatic carbocycles. The molecule has 0 bridgehead atoms. The van der Waals surface area contributed by atoms with Crippen LogP contribution in [-0.2, 0) is 11.8 Å². The van der Waals surface area contributed by atoms with Crippen molar-refractivity contribution in [2.24, 2.45) is 5.92 Å². The van der Waals surface area contributed by atoms with E-state index in [-0.39, 0.29) is 0 Å². The summed E-state index contributed by atoms with van der Waals surface area (Å²) in [6.45, 7) is 11.1. The molecule has 0 amide bonds. The van der Waals surface area contributed by atoms with Crippen LogP contribution in [0.3, 0.4) is 0 Å². The molecular formula is C16H25Br. The summed E-state index contributed by atoms with van der Waals surface area (Å²) in [7, 11) is 0. The van der Waals surface area contributed by atoms with Crippen molar-refractivity contribution in [3.05, 3.63) is 33.8 Å². The Morgan fingerprint density at radius 1 is 1.24 bits per heavy atom. The monoisotopic (exact) mass is 296 g/mol. The van der Waals surface area contributed by atoms with Crippen molar-refractivity contribution >= 4 is 15.9 Å². The van der Waals surface area contributed by atoms with Crippen LogP contribution in [-0.4, -0.2) is 0 Å². The standard InChI is InChI=1S/C14H19Br.C2H6/c1-10(2)14(3)9-5-6-11-12(14)7-4-8-13(11)15;1-2/h4,7-8,10H,5-6,9H2,1-3H3;1-2H3. The third-order valence-electron chi connectivity index (χ3n) is 4.13. The maximum Gasteiger partial charge on any atom is 0.0210 e. The van der Waals surface area contributed by atoms with E-state index in [1.807, 2.05) is 13.8 Å². The number of rotatable bonds is 1. The Morgan fingerprint density at radius 2 is 1.88 bits per heavy atom. The van der Waals surface area contributed by atoms with Crippen molar-refractivity contribution in [2.45, 2.75) is 59.3 Å². The summed E-state index contributed by atoms with van der Waals surface area (Å²) in [5, 5.41) is 0. The second-order valence-corrected chi connectivity index (χ2v) is 6.05. The van der Waals surface area contributed by atoms with Crippen LogP contribution in [0, 0.1) is 5.92 Å². The topological polar surface area (TPSA) is 0 Å². The highest BCUT2D eigenvalue weighted by atomic mass is 79.9. The van der Waals surface area contributed by atoms with E-state index in [1.54, 1.807) is 11.1 Å². The van der Waals surface area contributed by atoms with Gasteiger partial charge in [-0.1, -0.05) is 62.7 Å². The molecule has 1 aliphatic rings. The van der Waals surface area contributed by atoms with Gasteiger partial charge in [0.15, 0.2) is 0 Å². The van der Waals surface area contributed by atoms with Gasteiger partial charge in [0.25, 0.3) is 0 Å². The summed E-state index contributed by atoms with van der Waals surface area (Å²) < 4.78 is 1.30. The van der Waals surface area contributed by atoms with Gasteiger partial charge < -0.3 is 0 Å². The van der Waals surface area contributed by atoms with Gasteiger partial charge in [0, 0.05) is 4.47 Å². The van der Waals surface area contributed by atoms with Crippen molar-refractivity contribution in [3.8, 4) is 0 Å². The molecule has 1 heteroatoms. The zero-order valence-corrected chi connectivity index (χ0v) is 13.4. The van der Waals surface area contributed by atoms with Gasteiger partial charge in [-0.05, 0) is 47.8 Å². The Balaban J connectivity index is 0.000000686. The van der Waals surface area contributed by atoms with Crippen LogP contribution < -0.4 is 0 Å². The number of hydrogen-bond acceptors (Lipinski definition) is 0. The molecule has 1 atom stereocenters. The Hall–Kier alpha value is -0.300. The molecule has 0 saturated heterocycles. The van der Waals surface area contributed by atoms with Crippen molar-refractivity contribution in [1.29, 1.82) is 0 Å². The summed E-state index contributed by atoms with van der Waals surface area (Å²) in [6, 6.07) is 6.67. The molecule has 0 radical (unpaired) electrons. The average Bonchev–Trinajstić information content (AvgIpc) is 2.33. The first kappa shape index (κ1) is 14.8. The highest BCUT2D eigenvalue weighted by Gasteiger charge is 2.35. The van der Waals surface area contributed by atoms with Crippen molar-refractivity contribution < 1.29 is 0 Å². The van der Waals surface area contributed by atoms with Crippen LogP contribution in [0.4, 0.5) is 0 Å². The lowest BCUT2D eigenvalue weighted by atomic mass is 9.65. The minimum atomic E-state index is 0.372. The normalized spacial score (nSPS) is 22.8. The van der Waals surface area contributed by atoms with E-state index < -0.39 is 0 Å². The van der Waals surface area contributed by atoms with Crippen molar-refractivity contribution in [3.63, 3.8) is 0 Å². The highest BCUT2D eigenvalue weighted by Crippen LogP contribution is 2.44. The van der Waals surface area contributed by atoms with E-state index in [0.29, 0.717) is 11.3 Å². The minimum absolute atomic E-state index is 0.372. The molecule has 17 heavy (non-hydrogen) atoms. The predicted molar refractivity (Wildman–Crippen MR) is 80.6 cm³/mol. The second-order valence-electron chi connectivity index (χ2n) is 5.19. The summed E-state index contributed by atoms with van der Waals surface area (Å²) in [6.07, 6.45) is 3.89. The zero-order valence-electron chi connectivity index (χ0n) is 11.8. The Kier molecular flexibility index (Phi) is 5.24.